The van der Waals surface area contributed by atoms with Gasteiger partial charge in [-0.05, 0) is 32.4 Å². The van der Waals surface area contributed by atoms with Crippen LogP contribution in [0.15, 0.2) is 12.5 Å². The SMILES string of the molecule is CCNCC1CC1c1cncn1CC. The van der Waals surface area contributed by atoms with Crippen LogP contribution in [0.5, 0.6) is 0 Å². The monoisotopic (exact) mass is 193 g/mol. The second-order valence-electron chi connectivity index (χ2n) is 4.01. The summed E-state index contributed by atoms with van der Waals surface area (Å²) in [6, 6.07) is 0. The van der Waals surface area contributed by atoms with E-state index in [1.807, 2.05) is 12.5 Å². The van der Waals surface area contributed by atoms with Crippen molar-refractivity contribution in [2.45, 2.75) is 32.7 Å². The number of aromatic nitrogens is 2. The summed E-state index contributed by atoms with van der Waals surface area (Å²) in [7, 11) is 0. The molecule has 1 N–H and O–H groups in total. The van der Waals surface area contributed by atoms with Crippen LogP contribution < -0.4 is 5.32 Å². The van der Waals surface area contributed by atoms with Gasteiger partial charge in [-0.25, -0.2) is 4.98 Å². The molecule has 1 fully saturated rings. The predicted molar refractivity (Wildman–Crippen MR) is 57.3 cm³/mol. The second kappa shape index (κ2) is 4.13. The first-order valence-electron chi connectivity index (χ1n) is 5.57. The number of hydrogen-bond donors (Lipinski definition) is 1. The highest BCUT2D eigenvalue weighted by molar-refractivity contribution is 5.16. The fourth-order valence-electron chi connectivity index (χ4n) is 2.07. The van der Waals surface area contributed by atoms with Crippen molar-refractivity contribution in [1.29, 1.82) is 0 Å². The molecule has 3 heteroatoms. The Kier molecular flexibility index (Phi) is 2.87. The molecule has 0 aromatic carbocycles. The highest BCUT2D eigenvalue weighted by Crippen LogP contribution is 2.46. The average molecular weight is 193 g/mol. The molecular weight excluding hydrogens is 174 g/mol. The van der Waals surface area contributed by atoms with E-state index in [-0.39, 0.29) is 0 Å². The lowest BCUT2D eigenvalue weighted by Crippen LogP contribution is -2.16. The third-order valence-electron chi connectivity index (χ3n) is 3.04. The van der Waals surface area contributed by atoms with Crippen molar-refractivity contribution in [3.05, 3.63) is 18.2 Å². The first-order valence-corrected chi connectivity index (χ1v) is 5.57. The molecule has 1 aliphatic rings. The normalized spacial score (nSPS) is 25.3. The molecule has 2 unspecified atom stereocenters. The molecule has 1 aromatic heterocycles. The van der Waals surface area contributed by atoms with Crippen molar-refractivity contribution in [2.24, 2.45) is 5.92 Å². The Bertz CT molecular complexity index is 292. The molecule has 0 radical (unpaired) electrons. The molecule has 1 saturated carbocycles. The van der Waals surface area contributed by atoms with Crippen LogP contribution in [-0.4, -0.2) is 22.6 Å². The molecule has 0 aliphatic heterocycles. The Morgan fingerprint density at radius 3 is 3.14 bits per heavy atom. The molecule has 0 spiro atoms. The zero-order valence-electron chi connectivity index (χ0n) is 9.03. The maximum Gasteiger partial charge on any atom is 0.0948 e. The van der Waals surface area contributed by atoms with E-state index in [4.69, 9.17) is 0 Å². The molecule has 2 atom stereocenters. The van der Waals surface area contributed by atoms with Gasteiger partial charge in [-0.3, -0.25) is 0 Å². The van der Waals surface area contributed by atoms with Crippen LogP contribution >= 0.6 is 0 Å². The molecule has 14 heavy (non-hydrogen) atoms. The van der Waals surface area contributed by atoms with E-state index < -0.39 is 0 Å². The first kappa shape index (κ1) is 9.71. The Hall–Kier alpha value is -0.830. The summed E-state index contributed by atoms with van der Waals surface area (Å²) >= 11 is 0. The minimum atomic E-state index is 0.761. The summed E-state index contributed by atoms with van der Waals surface area (Å²) in [4.78, 5) is 4.21. The largest absolute Gasteiger partial charge is 0.335 e. The molecule has 0 amide bonds. The fourth-order valence-corrected chi connectivity index (χ4v) is 2.07. The standard InChI is InChI=1S/C11H19N3/c1-3-12-6-9-5-10(9)11-7-13-8-14(11)4-2/h7-10,12H,3-6H2,1-2H3. The maximum atomic E-state index is 4.21. The van der Waals surface area contributed by atoms with E-state index in [9.17, 15) is 0 Å². The number of nitrogens with one attached hydrogen (secondary N) is 1. The van der Waals surface area contributed by atoms with Crippen LogP contribution in [0.1, 0.15) is 31.9 Å². The third-order valence-corrected chi connectivity index (χ3v) is 3.04. The number of rotatable bonds is 5. The summed E-state index contributed by atoms with van der Waals surface area (Å²) in [5.74, 6) is 1.61. The van der Waals surface area contributed by atoms with E-state index in [1.165, 1.54) is 12.1 Å². The van der Waals surface area contributed by atoms with E-state index in [1.54, 1.807) is 0 Å². The Morgan fingerprint density at radius 1 is 1.57 bits per heavy atom. The molecule has 0 saturated heterocycles. The van der Waals surface area contributed by atoms with Gasteiger partial charge in [0.2, 0.25) is 0 Å². The quantitative estimate of drug-likeness (QED) is 0.770. The van der Waals surface area contributed by atoms with E-state index in [0.717, 1.165) is 31.5 Å². The van der Waals surface area contributed by atoms with Crippen LogP contribution in [0.3, 0.4) is 0 Å². The van der Waals surface area contributed by atoms with Crippen LogP contribution in [0.2, 0.25) is 0 Å². The van der Waals surface area contributed by atoms with Gasteiger partial charge in [-0.15, -0.1) is 0 Å². The molecule has 1 aliphatic carbocycles. The molecule has 3 nitrogen and oxygen atoms in total. The molecule has 1 heterocycles. The highest BCUT2D eigenvalue weighted by Gasteiger charge is 2.39. The van der Waals surface area contributed by atoms with Crippen LogP contribution in [-0.2, 0) is 6.54 Å². The summed E-state index contributed by atoms with van der Waals surface area (Å²) in [6.45, 7) is 7.62. The zero-order valence-corrected chi connectivity index (χ0v) is 9.03. The van der Waals surface area contributed by atoms with Crippen LogP contribution in [0.25, 0.3) is 0 Å². The van der Waals surface area contributed by atoms with Gasteiger partial charge >= 0.3 is 0 Å². The van der Waals surface area contributed by atoms with Crippen molar-refractivity contribution in [3.63, 3.8) is 0 Å². The lowest BCUT2D eigenvalue weighted by atomic mass is 10.2. The maximum absolute atomic E-state index is 4.21. The molecule has 0 bridgehead atoms. The van der Waals surface area contributed by atoms with Gasteiger partial charge in [-0.2, -0.15) is 0 Å². The minimum absolute atomic E-state index is 0.761. The van der Waals surface area contributed by atoms with Crippen molar-refractivity contribution >= 4 is 0 Å². The Labute approximate surface area is 85.5 Å². The topological polar surface area (TPSA) is 29.9 Å². The molecular formula is C11H19N3. The summed E-state index contributed by atoms with van der Waals surface area (Å²) in [5, 5.41) is 3.41. The average Bonchev–Trinajstić information content (AvgIpc) is 2.82. The predicted octanol–water partition coefficient (Wildman–Crippen LogP) is 1.62. The van der Waals surface area contributed by atoms with Crippen LogP contribution in [0.4, 0.5) is 0 Å². The first-order chi connectivity index (χ1) is 6.86. The van der Waals surface area contributed by atoms with E-state index >= 15 is 0 Å². The van der Waals surface area contributed by atoms with Gasteiger partial charge in [0.15, 0.2) is 0 Å². The molecule has 1 aromatic rings. The smallest absolute Gasteiger partial charge is 0.0948 e. The molecule has 78 valence electrons. The van der Waals surface area contributed by atoms with E-state index in [2.05, 4.69) is 28.7 Å². The highest BCUT2D eigenvalue weighted by atomic mass is 15.0. The number of aryl methyl sites for hydroxylation is 1. The number of imidazole rings is 1. The van der Waals surface area contributed by atoms with Crippen molar-refractivity contribution in [2.75, 3.05) is 13.1 Å². The van der Waals surface area contributed by atoms with Crippen molar-refractivity contribution < 1.29 is 0 Å². The Morgan fingerprint density at radius 2 is 2.43 bits per heavy atom. The number of nitrogens with zero attached hydrogens (tertiary/aromatic N) is 2. The summed E-state index contributed by atoms with van der Waals surface area (Å²) < 4.78 is 2.26. The van der Waals surface area contributed by atoms with E-state index in [0.29, 0.717) is 0 Å². The van der Waals surface area contributed by atoms with Gasteiger partial charge < -0.3 is 9.88 Å². The minimum Gasteiger partial charge on any atom is -0.335 e. The van der Waals surface area contributed by atoms with Gasteiger partial charge in [0.05, 0.1) is 6.33 Å². The number of hydrogen-bond acceptors (Lipinski definition) is 2. The second-order valence-corrected chi connectivity index (χ2v) is 4.01. The summed E-state index contributed by atoms with van der Waals surface area (Å²) in [5.41, 5.74) is 1.43. The molecule has 2 rings (SSSR count). The van der Waals surface area contributed by atoms with Gasteiger partial charge in [0.1, 0.15) is 0 Å². The van der Waals surface area contributed by atoms with Crippen LogP contribution in [0, 0.1) is 5.92 Å². The fraction of sp³-hybridized carbons (Fsp3) is 0.727. The van der Waals surface area contributed by atoms with Gasteiger partial charge in [0.25, 0.3) is 0 Å². The van der Waals surface area contributed by atoms with Crippen molar-refractivity contribution in [3.8, 4) is 0 Å². The van der Waals surface area contributed by atoms with Gasteiger partial charge in [-0.1, -0.05) is 6.92 Å². The lowest BCUT2D eigenvalue weighted by molar-refractivity contribution is 0.631. The third kappa shape index (κ3) is 1.82. The zero-order chi connectivity index (χ0) is 9.97. The Balaban J connectivity index is 1.92. The lowest BCUT2D eigenvalue weighted by Gasteiger charge is -2.04. The van der Waals surface area contributed by atoms with Crippen molar-refractivity contribution in [1.82, 2.24) is 14.9 Å². The van der Waals surface area contributed by atoms with Gasteiger partial charge in [0, 0.05) is 24.4 Å². The summed E-state index contributed by atoms with van der Waals surface area (Å²) in [6.07, 6.45) is 5.30.